The molecule has 1 aromatic carbocycles. The van der Waals surface area contributed by atoms with Gasteiger partial charge in [0, 0.05) is 24.7 Å². The Hall–Kier alpha value is -3.02. The second kappa shape index (κ2) is 8.78. The molecule has 146 valence electrons. The summed E-state index contributed by atoms with van der Waals surface area (Å²) in [5.41, 5.74) is 2.47. The molecule has 0 saturated heterocycles. The molecule has 1 N–H and O–H groups in total. The van der Waals surface area contributed by atoms with Gasteiger partial charge in [-0.1, -0.05) is 26.3 Å². The van der Waals surface area contributed by atoms with Crippen LogP contribution in [0.1, 0.15) is 45.4 Å². The van der Waals surface area contributed by atoms with Gasteiger partial charge in [-0.05, 0) is 49.6 Å². The Balaban J connectivity index is 1.89. The second-order valence-corrected chi connectivity index (χ2v) is 6.93. The summed E-state index contributed by atoms with van der Waals surface area (Å²) in [5.74, 6) is 1.25. The Bertz CT molecular complexity index is 1040. The van der Waals surface area contributed by atoms with Gasteiger partial charge in [-0.15, -0.1) is 0 Å². The molecule has 0 saturated carbocycles. The van der Waals surface area contributed by atoms with Crippen molar-refractivity contribution in [2.75, 3.05) is 5.32 Å². The molecule has 0 aliphatic heterocycles. The van der Waals surface area contributed by atoms with Crippen LogP contribution < -0.4 is 10.9 Å². The summed E-state index contributed by atoms with van der Waals surface area (Å²) >= 11 is 0. The Labute approximate surface area is 164 Å². The van der Waals surface area contributed by atoms with Crippen LogP contribution in [0.3, 0.4) is 0 Å². The topological polar surface area (TPSA) is 76.9 Å². The Morgan fingerprint density at radius 1 is 1.11 bits per heavy atom. The van der Waals surface area contributed by atoms with Crippen molar-refractivity contribution in [1.29, 1.82) is 0 Å². The number of benzene rings is 1. The summed E-state index contributed by atoms with van der Waals surface area (Å²) in [6, 6.07) is 9.36. The molecule has 0 radical (unpaired) electrons. The van der Waals surface area contributed by atoms with Crippen LogP contribution in [0.4, 0.5) is 5.82 Å². The molecule has 0 bridgehead atoms. The Kier molecular flexibility index (Phi) is 6.19. The predicted molar refractivity (Wildman–Crippen MR) is 112 cm³/mol. The zero-order chi connectivity index (χ0) is 20.1. The summed E-state index contributed by atoms with van der Waals surface area (Å²) in [6.45, 7) is 6.62. The molecule has 3 rings (SSSR count). The number of carbonyl (C=O) groups is 1. The van der Waals surface area contributed by atoms with Gasteiger partial charge in [0.05, 0.1) is 10.9 Å². The maximum Gasteiger partial charge on any atom is 0.261 e. The van der Waals surface area contributed by atoms with Crippen molar-refractivity contribution in [3.63, 3.8) is 0 Å². The van der Waals surface area contributed by atoms with Crippen LogP contribution >= 0.6 is 0 Å². The van der Waals surface area contributed by atoms with Crippen LogP contribution in [0.5, 0.6) is 0 Å². The Morgan fingerprint density at radius 3 is 2.57 bits per heavy atom. The lowest BCUT2D eigenvalue weighted by molar-refractivity contribution is -0.116. The highest BCUT2D eigenvalue weighted by Gasteiger charge is 2.10. The van der Waals surface area contributed by atoms with E-state index in [4.69, 9.17) is 0 Å². The van der Waals surface area contributed by atoms with Crippen molar-refractivity contribution in [1.82, 2.24) is 14.5 Å². The summed E-state index contributed by atoms with van der Waals surface area (Å²) in [5, 5.41) is 3.41. The van der Waals surface area contributed by atoms with E-state index in [1.165, 1.54) is 0 Å². The zero-order valence-corrected chi connectivity index (χ0v) is 16.7. The van der Waals surface area contributed by atoms with Gasteiger partial charge in [0.25, 0.3) is 5.56 Å². The van der Waals surface area contributed by atoms with Gasteiger partial charge < -0.3 is 5.32 Å². The highest BCUT2D eigenvalue weighted by atomic mass is 16.1. The van der Waals surface area contributed by atoms with Gasteiger partial charge in [0.15, 0.2) is 0 Å². The van der Waals surface area contributed by atoms with E-state index in [1.807, 2.05) is 38.1 Å². The monoisotopic (exact) mass is 378 g/mol. The number of pyridine rings is 1. The van der Waals surface area contributed by atoms with Gasteiger partial charge in [0.2, 0.25) is 5.91 Å². The lowest BCUT2D eigenvalue weighted by Gasteiger charge is -2.11. The first-order chi connectivity index (χ1) is 13.5. The molecule has 1 amide bonds. The number of nitrogens with zero attached hydrogens (tertiary/aromatic N) is 3. The summed E-state index contributed by atoms with van der Waals surface area (Å²) in [7, 11) is 0. The number of rotatable bonds is 7. The quantitative estimate of drug-likeness (QED) is 0.665. The minimum atomic E-state index is -0.0225. The van der Waals surface area contributed by atoms with Gasteiger partial charge in [-0.3, -0.25) is 14.2 Å². The van der Waals surface area contributed by atoms with Crippen LogP contribution in [-0.2, 0) is 11.3 Å². The lowest BCUT2D eigenvalue weighted by atomic mass is 10.1. The van der Waals surface area contributed by atoms with Gasteiger partial charge >= 0.3 is 0 Å². The molecule has 0 atom stereocenters. The minimum Gasteiger partial charge on any atom is -0.311 e. The number of fused-ring (bicyclic) bond motifs is 1. The van der Waals surface area contributed by atoms with Crippen LogP contribution in [0.2, 0.25) is 0 Å². The summed E-state index contributed by atoms with van der Waals surface area (Å²) in [4.78, 5) is 33.6. The standard InChI is InChI=1S/C22H26N4O2/c1-4-6-7-21(27)25-20-11-9-17(14-23-20)16-8-10-19-18(13-16)22(28)26(12-5-2)15(3)24-19/h8-11,13-14H,4-7,12H2,1-3H3,(H,23,25,27). The number of unbranched alkanes of at least 4 members (excludes halogenated alkanes) is 1. The molecule has 6 heteroatoms. The number of nitrogens with one attached hydrogen (secondary N) is 1. The van der Waals surface area contributed by atoms with E-state index >= 15 is 0 Å². The minimum absolute atomic E-state index is 0.0148. The molecule has 0 aliphatic rings. The molecule has 6 nitrogen and oxygen atoms in total. The fourth-order valence-corrected chi connectivity index (χ4v) is 3.18. The number of hydrogen-bond donors (Lipinski definition) is 1. The maximum absolute atomic E-state index is 12.8. The number of aryl methyl sites for hydroxylation is 1. The molecule has 2 aromatic heterocycles. The van der Waals surface area contributed by atoms with Crippen LogP contribution in [0.15, 0.2) is 41.3 Å². The van der Waals surface area contributed by atoms with Crippen molar-refractivity contribution in [2.24, 2.45) is 0 Å². The fraction of sp³-hybridized carbons (Fsp3) is 0.364. The predicted octanol–water partition coefficient (Wildman–Crippen LogP) is 4.31. The number of aromatic nitrogens is 3. The molecule has 0 fully saturated rings. The molecule has 0 unspecified atom stereocenters. The largest absolute Gasteiger partial charge is 0.311 e. The number of anilines is 1. The number of amides is 1. The summed E-state index contributed by atoms with van der Waals surface area (Å²) in [6.07, 6.45) is 4.94. The van der Waals surface area contributed by atoms with E-state index in [0.717, 1.165) is 36.2 Å². The molecular weight excluding hydrogens is 352 g/mol. The second-order valence-electron chi connectivity index (χ2n) is 6.93. The fourth-order valence-electron chi connectivity index (χ4n) is 3.18. The third-order valence-electron chi connectivity index (χ3n) is 4.71. The van der Waals surface area contributed by atoms with Gasteiger partial charge in [0.1, 0.15) is 11.6 Å². The molecule has 0 aliphatic carbocycles. The molecular formula is C22H26N4O2. The normalized spacial score (nSPS) is 11.0. The number of carbonyl (C=O) groups excluding carboxylic acids is 1. The average molecular weight is 378 g/mol. The third-order valence-corrected chi connectivity index (χ3v) is 4.71. The van der Waals surface area contributed by atoms with Crippen LogP contribution in [0.25, 0.3) is 22.0 Å². The summed E-state index contributed by atoms with van der Waals surface area (Å²) < 4.78 is 1.72. The van der Waals surface area contributed by atoms with E-state index in [0.29, 0.717) is 29.7 Å². The van der Waals surface area contributed by atoms with E-state index in [1.54, 1.807) is 16.8 Å². The molecule has 0 spiro atoms. The molecule has 3 aromatic rings. The van der Waals surface area contributed by atoms with Crippen molar-refractivity contribution in [3.8, 4) is 11.1 Å². The third kappa shape index (κ3) is 4.27. The first-order valence-electron chi connectivity index (χ1n) is 9.81. The highest BCUT2D eigenvalue weighted by Crippen LogP contribution is 2.23. The first-order valence-corrected chi connectivity index (χ1v) is 9.81. The average Bonchev–Trinajstić information content (AvgIpc) is 2.70. The van der Waals surface area contributed by atoms with Gasteiger partial charge in [-0.2, -0.15) is 0 Å². The first kappa shape index (κ1) is 19.7. The lowest BCUT2D eigenvalue weighted by Crippen LogP contribution is -2.23. The van der Waals surface area contributed by atoms with Crippen molar-refractivity contribution in [2.45, 2.75) is 53.0 Å². The smallest absolute Gasteiger partial charge is 0.261 e. The van der Waals surface area contributed by atoms with E-state index in [2.05, 4.69) is 22.2 Å². The van der Waals surface area contributed by atoms with E-state index in [9.17, 15) is 9.59 Å². The number of hydrogen-bond acceptors (Lipinski definition) is 4. The van der Waals surface area contributed by atoms with E-state index < -0.39 is 0 Å². The van der Waals surface area contributed by atoms with Crippen LogP contribution in [-0.4, -0.2) is 20.4 Å². The molecule has 28 heavy (non-hydrogen) atoms. The van der Waals surface area contributed by atoms with Crippen molar-refractivity contribution < 1.29 is 4.79 Å². The van der Waals surface area contributed by atoms with Crippen molar-refractivity contribution >= 4 is 22.6 Å². The highest BCUT2D eigenvalue weighted by molar-refractivity contribution is 5.90. The maximum atomic E-state index is 12.8. The van der Waals surface area contributed by atoms with Crippen LogP contribution in [0, 0.1) is 6.92 Å². The van der Waals surface area contributed by atoms with Gasteiger partial charge in [-0.25, -0.2) is 9.97 Å². The zero-order valence-electron chi connectivity index (χ0n) is 16.7. The SMILES string of the molecule is CCCCC(=O)Nc1ccc(-c2ccc3nc(C)n(CCC)c(=O)c3c2)cn1. The molecule has 2 heterocycles. The Morgan fingerprint density at radius 2 is 1.89 bits per heavy atom. The van der Waals surface area contributed by atoms with E-state index in [-0.39, 0.29) is 11.5 Å². The van der Waals surface area contributed by atoms with Crippen molar-refractivity contribution in [3.05, 3.63) is 52.7 Å².